The second-order valence-electron chi connectivity index (χ2n) is 8.03. The molecule has 0 unspecified atom stereocenters. The fourth-order valence-corrected chi connectivity index (χ4v) is 9.16. The molecule has 148 valence electrons. The second-order valence-corrected chi connectivity index (χ2v) is 11.7. The van der Waals surface area contributed by atoms with E-state index in [9.17, 15) is 16.8 Å². The lowest BCUT2D eigenvalue weighted by atomic mass is 10.0. The normalized spacial score (nSPS) is 17.9. The van der Waals surface area contributed by atoms with E-state index >= 15 is 0 Å². The van der Waals surface area contributed by atoms with E-state index in [1.165, 1.54) is 0 Å². The van der Waals surface area contributed by atoms with Crippen molar-refractivity contribution in [3.8, 4) is 0 Å². The van der Waals surface area contributed by atoms with E-state index in [-0.39, 0.29) is 30.7 Å². The molecule has 0 N–H and O–H groups in total. The largest absolute Gasteiger partial charge is 0.218 e. The van der Waals surface area contributed by atoms with Crippen LogP contribution in [0, 0.1) is 13.8 Å². The molecule has 0 aromatic heterocycles. The number of benzene rings is 4. The molecule has 6 rings (SSSR count). The molecule has 4 aromatic carbocycles. The van der Waals surface area contributed by atoms with E-state index in [0.29, 0.717) is 5.39 Å². The van der Waals surface area contributed by atoms with Gasteiger partial charge in [0.1, 0.15) is 0 Å². The molecular formula is C24H16O4S2. The number of hydrogen-bond donors (Lipinski definition) is 0. The second kappa shape index (κ2) is 5.39. The van der Waals surface area contributed by atoms with Gasteiger partial charge < -0.3 is 0 Å². The molecule has 0 spiro atoms. The van der Waals surface area contributed by atoms with Crippen LogP contribution in [0.5, 0.6) is 0 Å². The topological polar surface area (TPSA) is 68.3 Å². The third kappa shape index (κ3) is 2.05. The third-order valence-corrected chi connectivity index (χ3v) is 9.96. The molecule has 6 heteroatoms. The Kier molecular flexibility index (Phi) is 3.21. The summed E-state index contributed by atoms with van der Waals surface area (Å²) in [5.41, 5.74) is 2.49. The summed E-state index contributed by atoms with van der Waals surface area (Å²) in [5, 5.41) is 2.94. The monoisotopic (exact) mass is 432 g/mol. The number of aryl methyl sites for hydroxylation is 2. The lowest BCUT2D eigenvalue weighted by Gasteiger charge is -2.12. The average molecular weight is 433 g/mol. The summed E-state index contributed by atoms with van der Waals surface area (Å²) in [6.07, 6.45) is 0. The molecule has 0 fully saturated rings. The Hall–Kier alpha value is -2.96. The van der Waals surface area contributed by atoms with Gasteiger partial charge in [0.15, 0.2) is 0 Å². The predicted molar refractivity (Wildman–Crippen MR) is 119 cm³/mol. The molecule has 2 heterocycles. The summed E-state index contributed by atoms with van der Waals surface area (Å²) in [4.78, 5) is 0.0167. The van der Waals surface area contributed by atoms with E-state index < -0.39 is 19.7 Å². The Morgan fingerprint density at radius 1 is 0.567 bits per heavy atom. The number of rotatable bonds is 0. The van der Waals surface area contributed by atoms with Crippen LogP contribution in [0.15, 0.2) is 70.5 Å². The fourth-order valence-electron chi connectivity index (χ4n) is 4.66. The smallest absolute Gasteiger partial charge is 0.209 e. The lowest BCUT2D eigenvalue weighted by molar-refractivity contribution is 0.606. The first-order chi connectivity index (χ1) is 14.2. The van der Waals surface area contributed by atoms with Crippen LogP contribution >= 0.6 is 0 Å². The highest BCUT2D eigenvalue weighted by Gasteiger charge is 2.49. The minimum Gasteiger partial charge on any atom is -0.218 e. The van der Waals surface area contributed by atoms with Gasteiger partial charge in [-0.3, -0.25) is 0 Å². The van der Waals surface area contributed by atoms with Gasteiger partial charge in [-0.25, -0.2) is 16.8 Å². The van der Waals surface area contributed by atoms with E-state index in [1.807, 2.05) is 50.2 Å². The van der Waals surface area contributed by atoms with Crippen LogP contribution in [-0.4, -0.2) is 16.8 Å². The van der Waals surface area contributed by atoms with Crippen molar-refractivity contribution >= 4 is 51.0 Å². The van der Waals surface area contributed by atoms with E-state index in [2.05, 4.69) is 0 Å². The molecular weight excluding hydrogens is 416 g/mol. The molecule has 0 saturated carbocycles. The van der Waals surface area contributed by atoms with Crippen LogP contribution in [0.4, 0.5) is 0 Å². The molecule has 30 heavy (non-hydrogen) atoms. The maximum atomic E-state index is 13.7. The quantitative estimate of drug-likeness (QED) is 0.392. The van der Waals surface area contributed by atoms with Crippen LogP contribution in [0.25, 0.3) is 31.4 Å². The molecule has 4 aromatic rings. The van der Waals surface area contributed by atoms with Crippen molar-refractivity contribution < 1.29 is 16.8 Å². The van der Waals surface area contributed by atoms with Gasteiger partial charge in [0.25, 0.3) is 0 Å². The summed E-state index contributed by atoms with van der Waals surface area (Å²) in [7, 11) is -7.94. The molecule has 2 aliphatic heterocycles. The minimum absolute atomic E-state index is 0.0733. The summed E-state index contributed by atoms with van der Waals surface area (Å²) in [6, 6.07) is 18.0. The zero-order chi connectivity index (χ0) is 21.0. The third-order valence-electron chi connectivity index (χ3n) is 6.01. The van der Waals surface area contributed by atoms with E-state index in [4.69, 9.17) is 0 Å². The Morgan fingerprint density at radius 2 is 1.20 bits per heavy atom. The van der Waals surface area contributed by atoms with Gasteiger partial charge in [-0.1, -0.05) is 59.7 Å². The van der Waals surface area contributed by atoms with Gasteiger partial charge in [0.2, 0.25) is 19.7 Å². The van der Waals surface area contributed by atoms with Crippen molar-refractivity contribution in [1.82, 2.24) is 0 Å². The molecule has 0 amide bonds. The summed E-state index contributed by atoms with van der Waals surface area (Å²) >= 11 is 0. The highest BCUT2D eigenvalue weighted by atomic mass is 32.2. The van der Waals surface area contributed by atoms with Crippen molar-refractivity contribution in [3.63, 3.8) is 0 Å². The summed E-state index contributed by atoms with van der Waals surface area (Å²) in [5.74, 6) is 0. The van der Waals surface area contributed by atoms with Gasteiger partial charge in [0, 0.05) is 16.5 Å². The van der Waals surface area contributed by atoms with Gasteiger partial charge in [0.05, 0.1) is 19.6 Å². The fraction of sp³-hybridized carbons (Fsp3) is 0.0833. The Balaban J connectivity index is 1.76. The Bertz CT molecular complexity index is 1720. The SMILES string of the molecule is Cc1ccc2cc3c(cc2c1)S(=O)(=O)C1=C3S(=O)(=O)c2c1ccc1ccc(C)cc21. The van der Waals surface area contributed by atoms with Crippen molar-refractivity contribution in [1.29, 1.82) is 0 Å². The highest BCUT2D eigenvalue weighted by molar-refractivity contribution is 8.08. The van der Waals surface area contributed by atoms with Crippen LogP contribution < -0.4 is 0 Å². The van der Waals surface area contributed by atoms with Gasteiger partial charge in [-0.05, 0) is 42.1 Å². The molecule has 0 bridgehead atoms. The first-order valence-electron chi connectivity index (χ1n) is 9.52. The number of sulfone groups is 2. The van der Waals surface area contributed by atoms with Gasteiger partial charge >= 0.3 is 0 Å². The average Bonchev–Trinajstić information content (AvgIpc) is 3.07. The Morgan fingerprint density at radius 3 is 1.97 bits per heavy atom. The van der Waals surface area contributed by atoms with E-state index in [1.54, 1.807) is 24.3 Å². The highest BCUT2D eigenvalue weighted by Crippen LogP contribution is 2.56. The van der Waals surface area contributed by atoms with Crippen LogP contribution in [0.3, 0.4) is 0 Å². The zero-order valence-corrected chi connectivity index (χ0v) is 17.9. The molecule has 4 nitrogen and oxygen atoms in total. The van der Waals surface area contributed by atoms with Crippen molar-refractivity contribution in [2.45, 2.75) is 23.6 Å². The first-order valence-corrected chi connectivity index (χ1v) is 12.5. The standard InChI is InChI=1S/C24H16O4S2/c1-13-4-6-16-11-20-21(12-17(16)9-13)29(25,26)23-18-8-7-15-5-3-14(2)10-19(15)22(18)30(27,28)24(20)23/h3-12H,1-2H3. The Labute approximate surface area is 174 Å². The summed E-state index contributed by atoms with van der Waals surface area (Å²) < 4.78 is 54.5. The predicted octanol–water partition coefficient (Wildman–Crippen LogP) is 5.01. The number of hydrogen-bond acceptors (Lipinski definition) is 4. The molecule has 2 aliphatic rings. The lowest BCUT2D eigenvalue weighted by Crippen LogP contribution is -2.05. The first kappa shape index (κ1) is 17.9. The molecule has 0 aliphatic carbocycles. The van der Waals surface area contributed by atoms with E-state index in [0.717, 1.165) is 27.3 Å². The van der Waals surface area contributed by atoms with Crippen LogP contribution in [0.2, 0.25) is 0 Å². The van der Waals surface area contributed by atoms with Crippen molar-refractivity contribution in [3.05, 3.63) is 82.9 Å². The molecule has 0 atom stereocenters. The van der Waals surface area contributed by atoms with Gasteiger partial charge in [-0.15, -0.1) is 0 Å². The number of fused-ring (bicyclic) bond motifs is 7. The summed E-state index contributed by atoms with van der Waals surface area (Å²) in [6.45, 7) is 3.83. The zero-order valence-electron chi connectivity index (χ0n) is 16.2. The minimum atomic E-state index is -3.99. The van der Waals surface area contributed by atoms with Crippen molar-refractivity contribution in [2.75, 3.05) is 0 Å². The van der Waals surface area contributed by atoms with Crippen LogP contribution in [-0.2, 0) is 19.7 Å². The van der Waals surface area contributed by atoms with Gasteiger partial charge in [-0.2, -0.15) is 0 Å². The maximum absolute atomic E-state index is 13.7. The maximum Gasteiger partial charge on any atom is 0.209 e. The molecule has 0 saturated heterocycles. The van der Waals surface area contributed by atoms with Crippen LogP contribution in [0.1, 0.15) is 22.3 Å². The van der Waals surface area contributed by atoms with Crippen molar-refractivity contribution in [2.24, 2.45) is 0 Å². The molecule has 0 radical (unpaired) electrons.